The molecule has 1 amide bonds. The fraction of sp³-hybridized carbons (Fsp3) is 0.0667. The maximum Gasteiger partial charge on any atom is 0.298 e. The number of hydrogen-bond acceptors (Lipinski definition) is 4. The molecule has 0 unspecified atom stereocenters. The molecular formula is C15H14N2O3. The summed E-state index contributed by atoms with van der Waals surface area (Å²) < 4.78 is 4.87. The number of anilines is 1. The molecule has 2 aromatic carbocycles. The van der Waals surface area contributed by atoms with Gasteiger partial charge in [0.15, 0.2) is 5.75 Å². The highest BCUT2D eigenvalue weighted by molar-refractivity contribution is 6.05. The molecule has 5 heteroatoms. The molecule has 0 spiro atoms. The number of ether oxygens (including phenoxy) is 1. The Balaban J connectivity index is 2.24. The van der Waals surface area contributed by atoms with Gasteiger partial charge in [0.2, 0.25) is 0 Å². The molecule has 0 radical (unpaired) electrons. The lowest BCUT2D eigenvalue weighted by molar-refractivity contribution is -0.120. The van der Waals surface area contributed by atoms with Crippen LogP contribution in [0.4, 0.5) is 5.69 Å². The van der Waals surface area contributed by atoms with Gasteiger partial charge in [0.05, 0.1) is 5.69 Å². The molecule has 3 N–H and O–H groups in total. The summed E-state index contributed by atoms with van der Waals surface area (Å²) in [6.45, 7) is 0.635. The van der Waals surface area contributed by atoms with E-state index in [1.54, 1.807) is 42.5 Å². The van der Waals surface area contributed by atoms with Gasteiger partial charge >= 0.3 is 0 Å². The lowest BCUT2D eigenvalue weighted by atomic mass is 10.1. The average Bonchev–Trinajstić information content (AvgIpc) is 2.50. The Morgan fingerprint density at radius 2 is 1.95 bits per heavy atom. The highest BCUT2D eigenvalue weighted by Gasteiger charge is 2.10. The second kappa shape index (κ2) is 6.49. The number of benzene rings is 2. The van der Waals surface area contributed by atoms with Crippen LogP contribution in [0.2, 0.25) is 0 Å². The van der Waals surface area contributed by atoms with Crippen LogP contribution >= 0.6 is 0 Å². The minimum atomic E-state index is -0.276. The van der Waals surface area contributed by atoms with Gasteiger partial charge in [-0.3, -0.25) is 9.59 Å². The van der Waals surface area contributed by atoms with Crippen LogP contribution in [0.25, 0.3) is 0 Å². The molecule has 2 rings (SSSR count). The van der Waals surface area contributed by atoms with Crippen molar-refractivity contribution in [3.05, 3.63) is 59.7 Å². The highest BCUT2D eigenvalue weighted by atomic mass is 16.5. The first-order valence-electron chi connectivity index (χ1n) is 6.04. The second-order valence-electron chi connectivity index (χ2n) is 4.07. The van der Waals surface area contributed by atoms with Crippen molar-refractivity contribution < 1.29 is 14.3 Å². The second-order valence-corrected chi connectivity index (χ2v) is 4.07. The summed E-state index contributed by atoms with van der Waals surface area (Å²) in [6.07, 6.45) is 0. The summed E-state index contributed by atoms with van der Waals surface area (Å²) in [5.74, 6) is -0.00548. The molecule has 0 fully saturated rings. The molecule has 0 heterocycles. The minimum absolute atomic E-state index is 0.271. The maximum atomic E-state index is 12.0. The fourth-order valence-electron chi connectivity index (χ4n) is 1.73. The molecule has 20 heavy (non-hydrogen) atoms. The van der Waals surface area contributed by atoms with E-state index in [-0.39, 0.29) is 11.7 Å². The molecule has 0 saturated heterocycles. The zero-order valence-electron chi connectivity index (χ0n) is 10.7. The molecule has 0 aliphatic heterocycles. The number of carbonyl (C=O) groups is 2. The summed E-state index contributed by atoms with van der Waals surface area (Å²) in [4.78, 5) is 22.6. The molecule has 2 aromatic rings. The van der Waals surface area contributed by atoms with E-state index in [4.69, 9.17) is 10.5 Å². The Bertz CT molecular complexity index is 612. The molecule has 0 atom stereocenters. The number of nitrogens with two attached hydrogens (primary N) is 1. The smallest absolute Gasteiger partial charge is 0.298 e. The Morgan fingerprint density at radius 1 is 1.20 bits per heavy atom. The Hall–Kier alpha value is -2.66. The van der Waals surface area contributed by atoms with E-state index in [1.807, 2.05) is 6.07 Å². The number of hydrogen-bond donors (Lipinski definition) is 2. The molecule has 0 saturated carbocycles. The summed E-state index contributed by atoms with van der Waals surface area (Å²) in [7, 11) is 0. The Morgan fingerprint density at radius 3 is 2.60 bits per heavy atom. The van der Waals surface area contributed by atoms with Gasteiger partial charge in [0.1, 0.15) is 0 Å². The SMILES string of the molecule is NCc1ccc(NC(=O)c2ccccc2)c(OC=O)c1. The van der Waals surface area contributed by atoms with Gasteiger partial charge in [0, 0.05) is 12.1 Å². The zero-order chi connectivity index (χ0) is 14.4. The van der Waals surface area contributed by atoms with Crippen LogP contribution in [-0.2, 0) is 11.3 Å². The van der Waals surface area contributed by atoms with E-state index in [2.05, 4.69) is 5.32 Å². The van der Waals surface area contributed by atoms with Crippen LogP contribution < -0.4 is 15.8 Å². The summed E-state index contributed by atoms with van der Waals surface area (Å²) in [6, 6.07) is 13.8. The van der Waals surface area contributed by atoms with E-state index in [9.17, 15) is 9.59 Å². The number of carbonyl (C=O) groups excluding carboxylic acids is 2. The maximum absolute atomic E-state index is 12.0. The van der Waals surface area contributed by atoms with E-state index in [1.165, 1.54) is 0 Å². The standard InChI is InChI=1S/C15H14N2O3/c16-9-11-6-7-13(14(8-11)20-10-18)17-15(19)12-4-2-1-3-5-12/h1-8,10H,9,16H2,(H,17,19). The fourth-order valence-corrected chi connectivity index (χ4v) is 1.73. The highest BCUT2D eigenvalue weighted by Crippen LogP contribution is 2.26. The molecule has 102 valence electrons. The number of nitrogens with one attached hydrogen (secondary N) is 1. The van der Waals surface area contributed by atoms with Crippen LogP contribution in [0.5, 0.6) is 5.75 Å². The first-order chi connectivity index (χ1) is 9.74. The summed E-state index contributed by atoms with van der Waals surface area (Å²) in [5.41, 5.74) is 7.27. The van der Waals surface area contributed by atoms with Crippen molar-refractivity contribution in [2.24, 2.45) is 5.73 Å². The van der Waals surface area contributed by atoms with Crippen molar-refractivity contribution in [1.29, 1.82) is 0 Å². The van der Waals surface area contributed by atoms with Gasteiger partial charge in [-0.05, 0) is 29.8 Å². The van der Waals surface area contributed by atoms with Crippen molar-refractivity contribution in [3.63, 3.8) is 0 Å². The van der Waals surface area contributed by atoms with Gasteiger partial charge in [-0.15, -0.1) is 0 Å². The first kappa shape index (κ1) is 13.8. The topological polar surface area (TPSA) is 81.4 Å². The Labute approximate surface area is 116 Å². The molecule has 0 bridgehead atoms. The normalized spacial score (nSPS) is 9.85. The van der Waals surface area contributed by atoms with Gasteiger partial charge in [0.25, 0.3) is 12.4 Å². The predicted octanol–water partition coefficient (Wildman–Crippen LogP) is 1.93. The van der Waals surface area contributed by atoms with Crippen molar-refractivity contribution >= 4 is 18.1 Å². The van der Waals surface area contributed by atoms with Crippen molar-refractivity contribution in [2.75, 3.05) is 5.32 Å². The summed E-state index contributed by atoms with van der Waals surface area (Å²) in [5, 5.41) is 2.70. The van der Waals surface area contributed by atoms with Crippen molar-refractivity contribution in [2.45, 2.75) is 6.54 Å². The average molecular weight is 270 g/mol. The van der Waals surface area contributed by atoms with Crippen molar-refractivity contribution in [1.82, 2.24) is 0 Å². The Kier molecular flexibility index (Phi) is 4.47. The molecule has 5 nitrogen and oxygen atoms in total. The quantitative estimate of drug-likeness (QED) is 0.813. The first-order valence-corrected chi connectivity index (χ1v) is 6.04. The third kappa shape index (κ3) is 3.21. The van der Waals surface area contributed by atoms with Gasteiger partial charge in [-0.25, -0.2) is 0 Å². The molecule has 0 aliphatic carbocycles. The van der Waals surface area contributed by atoms with Gasteiger partial charge in [-0.2, -0.15) is 0 Å². The van der Waals surface area contributed by atoms with Crippen LogP contribution in [0.1, 0.15) is 15.9 Å². The third-order valence-corrected chi connectivity index (χ3v) is 2.74. The van der Waals surface area contributed by atoms with E-state index >= 15 is 0 Å². The number of rotatable bonds is 5. The minimum Gasteiger partial charge on any atom is -0.427 e. The zero-order valence-corrected chi connectivity index (χ0v) is 10.7. The third-order valence-electron chi connectivity index (χ3n) is 2.74. The number of amides is 1. The summed E-state index contributed by atoms with van der Waals surface area (Å²) >= 11 is 0. The van der Waals surface area contributed by atoms with Crippen LogP contribution in [0, 0.1) is 0 Å². The molecule has 0 aromatic heterocycles. The van der Waals surface area contributed by atoms with Crippen molar-refractivity contribution in [3.8, 4) is 5.75 Å². The lowest BCUT2D eigenvalue weighted by Gasteiger charge is -2.10. The molecular weight excluding hydrogens is 256 g/mol. The molecule has 0 aliphatic rings. The monoisotopic (exact) mass is 270 g/mol. The van der Waals surface area contributed by atoms with Crippen LogP contribution in [0.3, 0.4) is 0 Å². The van der Waals surface area contributed by atoms with E-state index in [0.717, 1.165) is 5.56 Å². The lowest BCUT2D eigenvalue weighted by Crippen LogP contribution is -2.13. The van der Waals surface area contributed by atoms with Crippen LogP contribution in [-0.4, -0.2) is 12.4 Å². The largest absolute Gasteiger partial charge is 0.427 e. The predicted molar refractivity (Wildman–Crippen MR) is 75.4 cm³/mol. The van der Waals surface area contributed by atoms with Crippen LogP contribution in [0.15, 0.2) is 48.5 Å². The van der Waals surface area contributed by atoms with Gasteiger partial charge < -0.3 is 15.8 Å². The van der Waals surface area contributed by atoms with E-state index < -0.39 is 0 Å². The van der Waals surface area contributed by atoms with Gasteiger partial charge in [-0.1, -0.05) is 24.3 Å². The van der Waals surface area contributed by atoms with E-state index in [0.29, 0.717) is 24.3 Å².